The van der Waals surface area contributed by atoms with Crippen LogP contribution >= 0.6 is 0 Å². The van der Waals surface area contributed by atoms with Crippen LogP contribution in [-0.2, 0) is 5.41 Å². The third-order valence-corrected chi connectivity index (χ3v) is 13.2. The lowest BCUT2D eigenvalue weighted by atomic mass is 9.79. The summed E-state index contributed by atoms with van der Waals surface area (Å²) in [5.74, 6) is 0. The first kappa shape index (κ1) is 36.9. The summed E-state index contributed by atoms with van der Waals surface area (Å²) < 4.78 is 6.60. The summed E-state index contributed by atoms with van der Waals surface area (Å²) in [5, 5.41) is 4.69. The molecule has 0 fully saturated rings. The number of hydrogen-bond donors (Lipinski definition) is 0. The lowest BCUT2D eigenvalue weighted by Crippen LogP contribution is -2.16. The molecule has 1 aliphatic rings. The molecule has 63 heavy (non-hydrogen) atoms. The van der Waals surface area contributed by atoms with E-state index < -0.39 is 0 Å². The number of furan rings is 1. The largest absolute Gasteiger partial charge is 0.455 e. The molecule has 298 valence electrons. The first-order chi connectivity index (χ1) is 31.0. The molecule has 1 aromatic heterocycles. The molecule has 0 spiro atoms. The molecule has 2 heteroatoms. The van der Waals surface area contributed by atoms with Crippen molar-refractivity contribution in [2.45, 2.75) is 19.3 Å². The zero-order valence-electron chi connectivity index (χ0n) is 35.2. The second-order valence-corrected chi connectivity index (χ2v) is 17.2. The summed E-state index contributed by atoms with van der Waals surface area (Å²) in [5.41, 5.74) is 19.6. The van der Waals surface area contributed by atoms with Crippen LogP contribution in [0.15, 0.2) is 229 Å². The van der Waals surface area contributed by atoms with Gasteiger partial charge in [-0.25, -0.2) is 0 Å². The van der Waals surface area contributed by atoms with Crippen LogP contribution in [0.1, 0.15) is 25.0 Å². The highest BCUT2D eigenvalue weighted by Gasteiger charge is 2.37. The van der Waals surface area contributed by atoms with E-state index in [2.05, 4.69) is 237 Å². The molecule has 1 aliphatic carbocycles. The van der Waals surface area contributed by atoms with Gasteiger partial charge in [0.2, 0.25) is 0 Å². The standard InChI is InChI=1S/C61H43NO/c1-61(2)55-35-9-6-26-49(55)53-33-16-30-47(59(53)61)42-22-12-24-44(38-42)62(45-25-13-23-43(39-45)48-31-17-34-54-51-28-8-11-37-57(51)63-60(48)54)56-36-10-7-27-50(56)52-32-15-21-41-20-14-29-46(58(41)52)40-18-4-3-5-19-40/h3-39H,1-2H3. The fourth-order valence-corrected chi connectivity index (χ4v) is 10.4. The monoisotopic (exact) mass is 805 g/mol. The predicted molar refractivity (Wildman–Crippen MR) is 265 cm³/mol. The molecule has 0 saturated carbocycles. The van der Waals surface area contributed by atoms with Crippen molar-refractivity contribution < 1.29 is 4.42 Å². The minimum atomic E-state index is -0.151. The van der Waals surface area contributed by atoms with Gasteiger partial charge in [0.15, 0.2) is 0 Å². The Bertz CT molecular complexity index is 3550. The van der Waals surface area contributed by atoms with Gasteiger partial charge in [0.25, 0.3) is 0 Å². The zero-order valence-corrected chi connectivity index (χ0v) is 35.2. The van der Waals surface area contributed by atoms with Gasteiger partial charge in [-0.2, -0.15) is 0 Å². The van der Waals surface area contributed by atoms with E-state index in [4.69, 9.17) is 4.42 Å². The van der Waals surface area contributed by atoms with Crippen molar-refractivity contribution in [3.05, 3.63) is 236 Å². The Kier molecular flexibility index (Phi) is 8.55. The SMILES string of the molecule is CC1(C)c2ccccc2-c2cccc(-c3cccc(N(c4cccc(-c5cccc6c5oc5ccccc56)c4)c4ccccc4-c4cccc5cccc(-c6ccccc6)c45)c3)c21. The van der Waals surface area contributed by atoms with E-state index >= 15 is 0 Å². The van der Waals surface area contributed by atoms with Crippen LogP contribution in [0.5, 0.6) is 0 Å². The van der Waals surface area contributed by atoms with E-state index in [1.165, 1.54) is 60.8 Å². The Labute approximate surface area is 368 Å². The van der Waals surface area contributed by atoms with E-state index in [-0.39, 0.29) is 5.41 Å². The zero-order chi connectivity index (χ0) is 42.1. The van der Waals surface area contributed by atoms with Crippen LogP contribution in [0.25, 0.3) is 88.3 Å². The average molecular weight is 806 g/mol. The number of hydrogen-bond acceptors (Lipinski definition) is 2. The molecular weight excluding hydrogens is 763 g/mol. The molecule has 0 amide bonds. The molecule has 11 aromatic rings. The maximum absolute atomic E-state index is 6.60. The molecule has 0 unspecified atom stereocenters. The van der Waals surface area contributed by atoms with Crippen molar-refractivity contribution in [2.24, 2.45) is 0 Å². The average Bonchev–Trinajstić information content (AvgIpc) is 3.84. The van der Waals surface area contributed by atoms with Gasteiger partial charge >= 0.3 is 0 Å². The molecule has 1 heterocycles. The van der Waals surface area contributed by atoms with Crippen molar-refractivity contribution in [3.8, 4) is 55.6 Å². The lowest BCUT2D eigenvalue weighted by Gasteiger charge is -2.30. The van der Waals surface area contributed by atoms with Gasteiger partial charge in [0, 0.05) is 38.7 Å². The van der Waals surface area contributed by atoms with Gasteiger partial charge in [-0.1, -0.05) is 202 Å². The minimum Gasteiger partial charge on any atom is -0.455 e. The minimum absolute atomic E-state index is 0.151. The molecule has 0 saturated heterocycles. The van der Waals surface area contributed by atoms with Gasteiger partial charge < -0.3 is 9.32 Å². The summed E-state index contributed by atoms with van der Waals surface area (Å²) in [4.78, 5) is 2.45. The smallest absolute Gasteiger partial charge is 0.143 e. The van der Waals surface area contributed by atoms with Gasteiger partial charge in [-0.3, -0.25) is 0 Å². The van der Waals surface area contributed by atoms with Crippen LogP contribution < -0.4 is 4.90 Å². The number of benzene rings is 10. The summed E-state index contributed by atoms with van der Waals surface area (Å²) >= 11 is 0. The quantitative estimate of drug-likeness (QED) is 0.160. The molecule has 0 N–H and O–H groups in total. The Morgan fingerprint density at radius 3 is 1.73 bits per heavy atom. The number of rotatable bonds is 7. The molecule has 10 aromatic carbocycles. The maximum Gasteiger partial charge on any atom is 0.143 e. The van der Waals surface area contributed by atoms with Crippen LogP contribution in [0, 0.1) is 0 Å². The van der Waals surface area contributed by atoms with Crippen molar-refractivity contribution in [1.29, 1.82) is 0 Å². The van der Waals surface area contributed by atoms with Gasteiger partial charge in [0.05, 0.1) is 5.69 Å². The Hall–Kier alpha value is -7.94. The van der Waals surface area contributed by atoms with Crippen molar-refractivity contribution in [3.63, 3.8) is 0 Å². The topological polar surface area (TPSA) is 16.4 Å². The Balaban J connectivity index is 1.09. The number of nitrogens with zero attached hydrogens (tertiary/aromatic N) is 1. The molecule has 0 aliphatic heterocycles. The molecule has 0 bridgehead atoms. The fraction of sp³-hybridized carbons (Fsp3) is 0.0492. The van der Waals surface area contributed by atoms with Crippen LogP contribution in [0.2, 0.25) is 0 Å². The first-order valence-electron chi connectivity index (χ1n) is 21.8. The van der Waals surface area contributed by atoms with Gasteiger partial charge in [-0.05, 0) is 103 Å². The summed E-state index contributed by atoms with van der Waals surface area (Å²) in [7, 11) is 0. The maximum atomic E-state index is 6.60. The van der Waals surface area contributed by atoms with Gasteiger partial charge in [0.1, 0.15) is 11.2 Å². The highest BCUT2D eigenvalue weighted by Crippen LogP contribution is 2.53. The molecular formula is C61H43NO. The van der Waals surface area contributed by atoms with E-state index in [1.54, 1.807) is 0 Å². The molecule has 0 atom stereocenters. The van der Waals surface area contributed by atoms with Crippen LogP contribution in [0.3, 0.4) is 0 Å². The van der Waals surface area contributed by atoms with E-state index in [0.29, 0.717) is 0 Å². The normalized spacial score (nSPS) is 12.7. The summed E-state index contributed by atoms with van der Waals surface area (Å²) in [6, 6.07) is 81.6. The number of anilines is 3. The highest BCUT2D eigenvalue weighted by molar-refractivity contribution is 6.11. The molecule has 12 rings (SSSR count). The second kappa shape index (κ2) is 14.6. The van der Waals surface area contributed by atoms with E-state index in [0.717, 1.165) is 55.7 Å². The van der Waals surface area contributed by atoms with E-state index in [9.17, 15) is 0 Å². The van der Waals surface area contributed by atoms with Crippen LogP contribution in [0.4, 0.5) is 17.1 Å². The van der Waals surface area contributed by atoms with E-state index in [1.807, 2.05) is 6.07 Å². The molecule has 2 nitrogen and oxygen atoms in total. The van der Waals surface area contributed by atoms with Crippen molar-refractivity contribution in [2.75, 3.05) is 4.90 Å². The van der Waals surface area contributed by atoms with Crippen molar-refractivity contribution in [1.82, 2.24) is 0 Å². The van der Waals surface area contributed by atoms with Crippen LogP contribution in [-0.4, -0.2) is 0 Å². The van der Waals surface area contributed by atoms with Crippen molar-refractivity contribution >= 4 is 49.8 Å². The number of fused-ring (bicyclic) bond motifs is 7. The molecule has 0 radical (unpaired) electrons. The first-order valence-corrected chi connectivity index (χ1v) is 21.8. The van der Waals surface area contributed by atoms with Gasteiger partial charge in [-0.15, -0.1) is 0 Å². The fourth-order valence-electron chi connectivity index (χ4n) is 10.4. The Morgan fingerprint density at radius 1 is 0.381 bits per heavy atom. The summed E-state index contributed by atoms with van der Waals surface area (Å²) in [6.07, 6.45) is 0. The summed E-state index contributed by atoms with van der Waals surface area (Å²) in [6.45, 7) is 4.74. The number of para-hydroxylation sites is 3. The third kappa shape index (κ3) is 5.94. The second-order valence-electron chi connectivity index (χ2n) is 17.2. The lowest BCUT2D eigenvalue weighted by molar-refractivity contribution is 0.662. The predicted octanol–water partition coefficient (Wildman–Crippen LogP) is 17.2. The third-order valence-electron chi connectivity index (χ3n) is 13.2. The Morgan fingerprint density at radius 2 is 0.921 bits per heavy atom. The highest BCUT2D eigenvalue weighted by atomic mass is 16.3.